The minimum absolute atomic E-state index is 0.00575. The summed E-state index contributed by atoms with van der Waals surface area (Å²) in [5.41, 5.74) is 1.15. The lowest BCUT2D eigenvalue weighted by Gasteiger charge is -2.58. The summed E-state index contributed by atoms with van der Waals surface area (Å²) in [5.74, 6) is 2.05. The van der Waals surface area contributed by atoms with E-state index in [1.54, 1.807) is 0 Å². The van der Waals surface area contributed by atoms with Gasteiger partial charge in [-0.2, -0.15) is 0 Å². The lowest BCUT2D eigenvalue weighted by atomic mass is 9.47. The number of aliphatic hydroxyl groups excluding tert-OH is 1. The van der Waals surface area contributed by atoms with Crippen LogP contribution in [-0.2, 0) is 0 Å². The van der Waals surface area contributed by atoms with Crippen molar-refractivity contribution in [3.05, 3.63) is 24.3 Å². The summed E-state index contributed by atoms with van der Waals surface area (Å²) >= 11 is 0. The van der Waals surface area contributed by atoms with Gasteiger partial charge in [-0.25, -0.2) is 0 Å². The van der Waals surface area contributed by atoms with E-state index in [0.29, 0.717) is 17.3 Å². The first-order valence-electron chi connectivity index (χ1n) is 9.58. The fourth-order valence-corrected chi connectivity index (χ4v) is 7.03. The Labute approximate surface area is 140 Å². The van der Waals surface area contributed by atoms with Crippen molar-refractivity contribution in [3.63, 3.8) is 0 Å². The van der Waals surface area contributed by atoms with Gasteiger partial charge < -0.3 is 10.2 Å². The normalized spacial score (nSPS) is 55.4. The molecule has 0 bridgehead atoms. The van der Waals surface area contributed by atoms with Crippen molar-refractivity contribution in [3.8, 4) is 0 Å². The molecule has 4 aliphatic carbocycles. The molecule has 2 heteroatoms. The molecule has 0 aromatic rings. The summed E-state index contributed by atoms with van der Waals surface area (Å²) in [5, 5.41) is 21.2. The molecule has 7 atom stereocenters. The summed E-state index contributed by atoms with van der Waals surface area (Å²) in [6.07, 6.45) is 12.6. The quantitative estimate of drug-likeness (QED) is 0.711. The maximum atomic E-state index is 11.1. The van der Waals surface area contributed by atoms with Crippen molar-refractivity contribution in [1.82, 2.24) is 0 Å². The van der Waals surface area contributed by atoms with Gasteiger partial charge in [0.2, 0.25) is 0 Å². The van der Waals surface area contributed by atoms with E-state index >= 15 is 0 Å². The van der Waals surface area contributed by atoms with Gasteiger partial charge in [0, 0.05) is 5.41 Å². The van der Waals surface area contributed by atoms with Crippen LogP contribution in [-0.4, -0.2) is 21.9 Å². The molecule has 2 nitrogen and oxygen atoms in total. The Balaban J connectivity index is 1.69. The van der Waals surface area contributed by atoms with E-state index in [1.165, 1.54) is 12.0 Å². The number of rotatable bonds is 1. The highest BCUT2D eigenvalue weighted by atomic mass is 16.3. The van der Waals surface area contributed by atoms with Crippen molar-refractivity contribution in [2.24, 2.45) is 28.6 Å². The topological polar surface area (TPSA) is 40.5 Å². The van der Waals surface area contributed by atoms with Crippen molar-refractivity contribution in [2.75, 3.05) is 0 Å². The third-order valence-corrected chi connectivity index (χ3v) is 8.63. The number of allylic oxidation sites excluding steroid dienone is 1. The molecule has 4 aliphatic rings. The average Bonchev–Trinajstić information content (AvgIpc) is 2.80. The number of aliphatic hydroxyl groups is 2. The molecule has 4 rings (SSSR count). The molecule has 0 amide bonds. The van der Waals surface area contributed by atoms with Crippen LogP contribution < -0.4 is 0 Å². The molecule has 0 unspecified atom stereocenters. The molecule has 3 fully saturated rings. The first kappa shape index (κ1) is 15.9. The Hall–Kier alpha value is -0.600. The highest BCUT2D eigenvalue weighted by Gasteiger charge is 2.62. The summed E-state index contributed by atoms with van der Waals surface area (Å²) < 4.78 is 0. The van der Waals surface area contributed by atoms with Crippen LogP contribution in [0.25, 0.3) is 0 Å². The molecule has 2 N–H and O–H groups in total. The Kier molecular flexibility index (Phi) is 3.42. The van der Waals surface area contributed by atoms with Crippen molar-refractivity contribution in [2.45, 2.75) is 76.9 Å². The second kappa shape index (κ2) is 4.95. The maximum absolute atomic E-state index is 11.1. The Morgan fingerprint density at radius 2 is 1.87 bits per heavy atom. The van der Waals surface area contributed by atoms with E-state index in [2.05, 4.69) is 26.5 Å². The van der Waals surface area contributed by atoms with Crippen LogP contribution in [0.3, 0.4) is 0 Å². The molecule has 0 radical (unpaired) electrons. The first-order valence-corrected chi connectivity index (χ1v) is 9.58. The maximum Gasteiger partial charge on any atom is 0.0881 e. The van der Waals surface area contributed by atoms with Gasteiger partial charge in [-0.1, -0.05) is 31.6 Å². The van der Waals surface area contributed by atoms with Crippen LogP contribution in [0.4, 0.5) is 0 Å². The van der Waals surface area contributed by atoms with Crippen LogP contribution in [0.1, 0.15) is 65.2 Å². The zero-order valence-electron chi connectivity index (χ0n) is 14.7. The molecule has 23 heavy (non-hydrogen) atoms. The molecule has 0 saturated heterocycles. The van der Waals surface area contributed by atoms with Crippen molar-refractivity contribution < 1.29 is 10.2 Å². The Bertz CT molecular complexity index is 552. The highest BCUT2D eigenvalue weighted by molar-refractivity contribution is 5.27. The number of hydrogen-bond donors (Lipinski definition) is 2. The predicted octanol–water partition coefficient (Wildman–Crippen LogP) is 4.23. The Morgan fingerprint density at radius 3 is 2.61 bits per heavy atom. The summed E-state index contributed by atoms with van der Waals surface area (Å²) in [4.78, 5) is 0. The minimum Gasteiger partial charge on any atom is -0.393 e. The van der Waals surface area contributed by atoms with Gasteiger partial charge in [-0.05, 0) is 74.5 Å². The molecule has 0 aromatic carbocycles. The highest BCUT2D eigenvalue weighted by Crippen LogP contribution is 2.67. The van der Waals surface area contributed by atoms with Crippen LogP contribution >= 0.6 is 0 Å². The average molecular weight is 316 g/mol. The molecule has 0 aromatic heterocycles. The molecule has 0 spiro atoms. The van der Waals surface area contributed by atoms with Crippen molar-refractivity contribution in [1.29, 1.82) is 0 Å². The van der Waals surface area contributed by atoms with E-state index in [9.17, 15) is 10.2 Å². The SMILES string of the molecule is C=C[C@]1(O)CC[C@@H]2[C@H]3CC=C4C[C@@H](O)CC[C@]4(C)[C@@H]3CC[C@]21C. The van der Waals surface area contributed by atoms with Gasteiger partial charge in [0.1, 0.15) is 0 Å². The van der Waals surface area contributed by atoms with Crippen LogP contribution in [0, 0.1) is 28.6 Å². The molecular weight excluding hydrogens is 284 g/mol. The van der Waals surface area contributed by atoms with E-state index in [0.717, 1.165) is 50.9 Å². The predicted molar refractivity (Wildman–Crippen MR) is 92.9 cm³/mol. The molecular formula is C21H32O2. The third kappa shape index (κ3) is 1.94. The Morgan fingerprint density at radius 1 is 1.13 bits per heavy atom. The molecule has 0 aliphatic heterocycles. The van der Waals surface area contributed by atoms with E-state index in [4.69, 9.17) is 0 Å². The van der Waals surface area contributed by atoms with Crippen LogP contribution in [0.2, 0.25) is 0 Å². The zero-order valence-corrected chi connectivity index (χ0v) is 14.7. The van der Waals surface area contributed by atoms with E-state index < -0.39 is 5.60 Å². The summed E-state index contributed by atoms with van der Waals surface area (Å²) in [7, 11) is 0. The largest absolute Gasteiger partial charge is 0.393 e. The van der Waals surface area contributed by atoms with E-state index in [1.807, 2.05) is 6.08 Å². The fraction of sp³-hybridized carbons (Fsp3) is 0.810. The van der Waals surface area contributed by atoms with Gasteiger partial charge in [0.05, 0.1) is 11.7 Å². The minimum atomic E-state index is -0.670. The van der Waals surface area contributed by atoms with Gasteiger partial charge in [0.25, 0.3) is 0 Å². The molecule has 3 saturated carbocycles. The van der Waals surface area contributed by atoms with Crippen molar-refractivity contribution >= 4 is 0 Å². The first-order chi connectivity index (χ1) is 10.8. The van der Waals surface area contributed by atoms with Gasteiger partial charge in [-0.3, -0.25) is 0 Å². The second-order valence-corrected chi connectivity index (χ2v) is 9.28. The van der Waals surface area contributed by atoms with Gasteiger partial charge in [-0.15, -0.1) is 6.58 Å². The second-order valence-electron chi connectivity index (χ2n) is 9.28. The molecule has 0 heterocycles. The monoisotopic (exact) mass is 316 g/mol. The van der Waals surface area contributed by atoms with Crippen LogP contribution in [0.15, 0.2) is 24.3 Å². The molecule has 128 valence electrons. The van der Waals surface area contributed by atoms with Crippen LogP contribution in [0.5, 0.6) is 0 Å². The summed E-state index contributed by atoms with van der Waals surface area (Å²) in [6, 6.07) is 0. The van der Waals surface area contributed by atoms with Gasteiger partial charge >= 0.3 is 0 Å². The number of fused-ring (bicyclic) bond motifs is 5. The smallest absolute Gasteiger partial charge is 0.0881 e. The summed E-state index contributed by atoms with van der Waals surface area (Å²) in [6.45, 7) is 8.72. The van der Waals surface area contributed by atoms with Gasteiger partial charge in [0.15, 0.2) is 0 Å². The lowest BCUT2D eigenvalue weighted by Crippen LogP contribution is -2.54. The fourth-order valence-electron chi connectivity index (χ4n) is 7.03. The number of hydrogen-bond acceptors (Lipinski definition) is 2. The van der Waals surface area contributed by atoms with E-state index in [-0.39, 0.29) is 11.5 Å². The lowest BCUT2D eigenvalue weighted by molar-refractivity contribution is -0.101. The third-order valence-electron chi connectivity index (χ3n) is 8.63. The zero-order chi connectivity index (χ0) is 16.5. The standard InChI is InChI=1S/C21H32O2/c1-4-21(23)12-9-18-16-6-5-14-13-15(22)7-10-19(14,2)17(16)8-11-20(18,21)3/h4-5,15-18,22-23H,1,6-13H2,2-3H3/t15-,16-,17+,18+,19-,20+,21-/m0/s1.